The number of phenolic OH excluding ortho intramolecular Hbond substituents is 1. The molecule has 18 heavy (non-hydrogen) atoms. The van der Waals surface area contributed by atoms with Gasteiger partial charge < -0.3 is 10.2 Å². The first kappa shape index (κ1) is 12.1. The molecule has 92 valence electrons. The van der Waals surface area contributed by atoms with Gasteiger partial charge in [-0.3, -0.25) is 0 Å². The molecule has 1 aromatic heterocycles. The molecule has 0 unspecified atom stereocenters. The molecule has 5 heteroatoms. The summed E-state index contributed by atoms with van der Waals surface area (Å²) in [6, 6.07) is 14.6. The average molecular weight is 243 g/mol. The van der Waals surface area contributed by atoms with E-state index in [1.165, 1.54) is 4.80 Å². The number of hydrogen-bond donors (Lipinski definition) is 2. The summed E-state index contributed by atoms with van der Waals surface area (Å²) in [5.41, 5.74) is 2.20. The van der Waals surface area contributed by atoms with E-state index in [1.807, 2.05) is 30.3 Å². The minimum Gasteiger partial charge on any atom is -0.506 e. The second kappa shape index (κ2) is 5.29. The van der Waals surface area contributed by atoms with Crippen molar-refractivity contribution in [3.63, 3.8) is 0 Å². The molecule has 3 rings (SSSR count). The fourth-order valence-corrected chi connectivity index (χ4v) is 1.60. The van der Waals surface area contributed by atoms with Gasteiger partial charge in [-0.05, 0) is 24.3 Å². The number of hydrogen-bond acceptors (Lipinski definition) is 4. The van der Waals surface area contributed by atoms with Crippen LogP contribution < -0.4 is 0 Å². The van der Waals surface area contributed by atoms with Crippen LogP contribution in [0.15, 0.2) is 48.5 Å². The molecule has 0 amide bonds. The lowest BCUT2D eigenvalue weighted by Crippen LogP contribution is -1.98. The van der Waals surface area contributed by atoms with E-state index in [9.17, 15) is 5.11 Å². The number of phenols is 1. The number of aromatic nitrogens is 3. The topological polar surface area (TPSA) is 71.2 Å². The van der Waals surface area contributed by atoms with Crippen LogP contribution in [-0.2, 0) is 0 Å². The van der Waals surface area contributed by atoms with Crippen molar-refractivity contribution < 1.29 is 10.2 Å². The van der Waals surface area contributed by atoms with Gasteiger partial charge in [-0.1, -0.05) is 24.3 Å². The Bertz CT molecular complexity index is 616. The van der Waals surface area contributed by atoms with Crippen molar-refractivity contribution in [1.29, 1.82) is 0 Å². The normalized spacial score (nSPS) is 9.89. The zero-order valence-electron chi connectivity index (χ0n) is 9.85. The van der Waals surface area contributed by atoms with Gasteiger partial charge in [0.2, 0.25) is 0 Å². The van der Waals surface area contributed by atoms with Crippen molar-refractivity contribution in [3.05, 3.63) is 48.5 Å². The smallest absolute Gasteiger partial charge is 0.143 e. The molecule has 0 fully saturated rings. The Kier molecular flexibility index (Phi) is 3.54. The van der Waals surface area contributed by atoms with Gasteiger partial charge in [-0.15, -0.1) is 15.0 Å². The maximum absolute atomic E-state index is 9.69. The van der Waals surface area contributed by atoms with E-state index in [-0.39, 0.29) is 5.75 Å². The Morgan fingerprint density at radius 1 is 0.833 bits per heavy atom. The van der Waals surface area contributed by atoms with Crippen molar-refractivity contribution in [2.75, 3.05) is 7.11 Å². The maximum atomic E-state index is 9.69. The van der Waals surface area contributed by atoms with Gasteiger partial charge in [0.05, 0.1) is 0 Å². The van der Waals surface area contributed by atoms with Crippen LogP contribution in [0.1, 0.15) is 0 Å². The average Bonchev–Trinajstić information content (AvgIpc) is 2.85. The van der Waals surface area contributed by atoms with Crippen LogP contribution in [0.4, 0.5) is 0 Å². The molecule has 2 N–H and O–H groups in total. The second-order valence-corrected chi connectivity index (χ2v) is 3.47. The number of aliphatic hydroxyl groups is 1. The molecule has 0 spiro atoms. The van der Waals surface area contributed by atoms with Gasteiger partial charge in [0.1, 0.15) is 22.5 Å². The number of nitrogens with zero attached hydrogens (tertiary/aromatic N) is 3. The number of aromatic hydroxyl groups is 1. The summed E-state index contributed by atoms with van der Waals surface area (Å²) < 4.78 is 0. The van der Waals surface area contributed by atoms with Crippen LogP contribution in [0.5, 0.6) is 5.75 Å². The van der Waals surface area contributed by atoms with E-state index in [0.29, 0.717) is 5.69 Å². The van der Waals surface area contributed by atoms with Gasteiger partial charge >= 0.3 is 0 Å². The zero-order valence-corrected chi connectivity index (χ0v) is 9.85. The second-order valence-electron chi connectivity index (χ2n) is 3.47. The quantitative estimate of drug-likeness (QED) is 0.683. The summed E-state index contributed by atoms with van der Waals surface area (Å²) in [5.74, 6) is 0.169. The monoisotopic (exact) mass is 243 g/mol. The highest BCUT2D eigenvalue weighted by Crippen LogP contribution is 2.20. The van der Waals surface area contributed by atoms with Crippen LogP contribution in [0.3, 0.4) is 0 Å². The molecule has 5 nitrogen and oxygen atoms in total. The lowest BCUT2D eigenvalue weighted by atomic mass is 10.3. The molecule has 0 aliphatic heterocycles. The van der Waals surface area contributed by atoms with Gasteiger partial charge in [-0.25, -0.2) is 0 Å². The molecular weight excluding hydrogens is 230 g/mol. The van der Waals surface area contributed by atoms with Crippen LogP contribution >= 0.6 is 0 Å². The van der Waals surface area contributed by atoms with Crippen molar-refractivity contribution in [2.24, 2.45) is 0 Å². The lowest BCUT2D eigenvalue weighted by molar-refractivity contribution is 0.399. The highest BCUT2D eigenvalue weighted by molar-refractivity contribution is 5.73. The SMILES string of the molecule is CO.Oc1ccccc1-n1nc2ccccc2n1. The van der Waals surface area contributed by atoms with Crippen molar-refractivity contribution in [2.45, 2.75) is 0 Å². The van der Waals surface area contributed by atoms with E-state index in [2.05, 4.69) is 10.2 Å². The number of benzene rings is 2. The Morgan fingerprint density at radius 2 is 1.33 bits per heavy atom. The molecule has 0 aliphatic carbocycles. The summed E-state index contributed by atoms with van der Waals surface area (Å²) in [6.45, 7) is 0. The molecule has 2 aromatic carbocycles. The molecule has 1 heterocycles. The Balaban J connectivity index is 0.000000574. The van der Waals surface area contributed by atoms with Crippen LogP contribution in [0, 0.1) is 0 Å². The minimum absolute atomic E-state index is 0.169. The lowest BCUT2D eigenvalue weighted by Gasteiger charge is -2.00. The van der Waals surface area contributed by atoms with Gasteiger partial charge in [0.25, 0.3) is 0 Å². The summed E-state index contributed by atoms with van der Waals surface area (Å²) in [5, 5.41) is 25.3. The largest absolute Gasteiger partial charge is 0.506 e. The zero-order chi connectivity index (χ0) is 13.0. The van der Waals surface area contributed by atoms with Crippen LogP contribution in [-0.4, -0.2) is 32.3 Å². The Labute approximate surface area is 104 Å². The summed E-state index contributed by atoms with van der Waals surface area (Å²) >= 11 is 0. The number of aliphatic hydroxyl groups excluding tert-OH is 1. The minimum atomic E-state index is 0.169. The highest BCUT2D eigenvalue weighted by atomic mass is 16.3. The van der Waals surface area contributed by atoms with E-state index >= 15 is 0 Å². The van der Waals surface area contributed by atoms with E-state index in [1.54, 1.807) is 18.2 Å². The predicted molar refractivity (Wildman–Crippen MR) is 68.7 cm³/mol. The molecule has 3 aromatic rings. The molecule has 0 radical (unpaired) electrons. The molecule has 0 aliphatic rings. The molecule has 0 atom stereocenters. The fourth-order valence-electron chi connectivity index (χ4n) is 1.60. The number of fused-ring (bicyclic) bond motifs is 1. The van der Waals surface area contributed by atoms with E-state index in [0.717, 1.165) is 18.1 Å². The van der Waals surface area contributed by atoms with Gasteiger partial charge in [0, 0.05) is 7.11 Å². The predicted octanol–water partition coefficient (Wildman–Crippen LogP) is 1.73. The molecule has 0 saturated heterocycles. The van der Waals surface area contributed by atoms with E-state index in [4.69, 9.17) is 5.11 Å². The molecular formula is C13H13N3O2. The van der Waals surface area contributed by atoms with Crippen molar-refractivity contribution in [3.8, 4) is 11.4 Å². The first-order chi connectivity index (χ1) is 8.84. The number of para-hydroxylation sites is 2. The van der Waals surface area contributed by atoms with Crippen LogP contribution in [0.2, 0.25) is 0 Å². The summed E-state index contributed by atoms with van der Waals surface area (Å²) in [4.78, 5) is 1.44. The molecule has 0 saturated carbocycles. The van der Waals surface area contributed by atoms with Gasteiger partial charge in [0.15, 0.2) is 0 Å². The van der Waals surface area contributed by atoms with Crippen molar-refractivity contribution >= 4 is 11.0 Å². The molecule has 0 bridgehead atoms. The Hall–Kier alpha value is -2.40. The van der Waals surface area contributed by atoms with Crippen molar-refractivity contribution in [1.82, 2.24) is 15.0 Å². The first-order valence-corrected chi connectivity index (χ1v) is 5.40. The maximum Gasteiger partial charge on any atom is 0.143 e. The van der Waals surface area contributed by atoms with Crippen LogP contribution in [0.25, 0.3) is 16.7 Å². The third-order valence-corrected chi connectivity index (χ3v) is 2.38. The Morgan fingerprint density at radius 3 is 1.89 bits per heavy atom. The van der Waals surface area contributed by atoms with Gasteiger partial charge in [-0.2, -0.15) is 0 Å². The first-order valence-electron chi connectivity index (χ1n) is 5.40. The van der Waals surface area contributed by atoms with E-state index < -0.39 is 0 Å². The standard InChI is InChI=1S/C12H9N3O.CH4O/c16-12-8-4-3-7-11(12)15-13-9-5-1-2-6-10(9)14-15;1-2/h1-8,16H;2H,1H3. The highest BCUT2D eigenvalue weighted by Gasteiger charge is 2.06. The fraction of sp³-hybridized carbons (Fsp3) is 0.0769. The summed E-state index contributed by atoms with van der Waals surface area (Å²) in [6.07, 6.45) is 0. The third-order valence-electron chi connectivity index (χ3n) is 2.38. The third kappa shape index (κ3) is 2.16. The number of rotatable bonds is 1. The summed E-state index contributed by atoms with van der Waals surface area (Å²) in [7, 11) is 1.00.